The molecule has 0 spiro atoms. The molecule has 0 heterocycles. The van der Waals surface area contributed by atoms with Gasteiger partial charge >= 0.3 is 12.4 Å². The van der Waals surface area contributed by atoms with Crippen molar-refractivity contribution in [2.45, 2.75) is 174 Å². The molecule has 0 amide bonds. The highest BCUT2D eigenvalue weighted by Crippen LogP contribution is 2.58. The largest absolute Gasteiger partial charge is 0.417 e. The summed E-state index contributed by atoms with van der Waals surface area (Å²) in [5.41, 5.74) is -0.984. The first-order valence-electron chi connectivity index (χ1n) is 25.7. The van der Waals surface area contributed by atoms with Gasteiger partial charge in [0.25, 0.3) is 0 Å². The van der Waals surface area contributed by atoms with Crippen LogP contribution in [0.2, 0.25) is 36.3 Å². The van der Waals surface area contributed by atoms with Crippen molar-refractivity contribution in [3.05, 3.63) is 144 Å². The van der Waals surface area contributed by atoms with Crippen molar-refractivity contribution in [2.75, 3.05) is 0 Å². The molecule has 5 aromatic carbocycles. The molecule has 0 unspecified atom stereocenters. The zero-order chi connectivity index (χ0) is 49.2. The van der Waals surface area contributed by atoms with Gasteiger partial charge in [0.05, 0.1) is 27.3 Å². The van der Waals surface area contributed by atoms with Gasteiger partial charge in [-0.05, 0) is 28.3 Å². The van der Waals surface area contributed by atoms with Crippen molar-refractivity contribution in [3.8, 4) is 0 Å². The van der Waals surface area contributed by atoms with Crippen LogP contribution in [0.25, 0.3) is 0 Å². The van der Waals surface area contributed by atoms with E-state index in [1.165, 1.54) is 109 Å². The molecule has 0 atom stereocenters. The molecular formula is C57H77F6NP2Si2. The average molecular weight is 1010 g/mol. The second-order valence-corrected chi connectivity index (χ2v) is 32.7. The number of halogens is 6. The number of nitrogens with zero attached hydrogens (tertiary/aromatic N) is 1. The van der Waals surface area contributed by atoms with Crippen LogP contribution in [0.3, 0.4) is 0 Å². The maximum Gasteiger partial charge on any atom is 0.417 e. The highest BCUT2D eigenvalue weighted by Gasteiger charge is 2.44. The van der Waals surface area contributed by atoms with Crippen LogP contribution in [-0.4, -0.2) is 20.6 Å². The topological polar surface area (TPSA) is 3.24 Å². The van der Waals surface area contributed by atoms with Crippen LogP contribution in [0.5, 0.6) is 0 Å². The quantitative estimate of drug-likeness (QED) is 0.0274. The van der Waals surface area contributed by atoms with Crippen LogP contribution in [0.4, 0.5) is 26.3 Å². The molecule has 0 bridgehead atoms. The van der Waals surface area contributed by atoms with Crippen LogP contribution in [0.1, 0.15) is 135 Å². The summed E-state index contributed by atoms with van der Waals surface area (Å²) in [6.45, 7) is 13.7. The van der Waals surface area contributed by atoms with Crippen LogP contribution >= 0.6 is 16.1 Å². The SMILES string of the molecule is CCCC[Si](CCCC)(CCCC)c1ccc(P(c2ccc([Si](CCCC)(CCCC)CCCC)cc2)N(Cc2ccccc2)P(c2ccccc2C(F)(F)F)c2ccccc2C(F)(F)F)cc1. The molecule has 0 aliphatic rings. The third kappa shape index (κ3) is 14.5. The number of rotatable bonds is 28. The summed E-state index contributed by atoms with van der Waals surface area (Å²) in [5.74, 6) is 0. The van der Waals surface area contributed by atoms with E-state index in [2.05, 4.69) is 94.5 Å². The average Bonchev–Trinajstić information content (AvgIpc) is 3.34. The molecule has 0 aliphatic heterocycles. The van der Waals surface area contributed by atoms with E-state index in [4.69, 9.17) is 0 Å². The van der Waals surface area contributed by atoms with E-state index in [1.807, 2.05) is 30.3 Å². The second-order valence-electron chi connectivity index (χ2n) is 18.9. The first kappa shape index (κ1) is 55.9. The Hall–Kier alpha value is -3.07. The number of hydrogen-bond donors (Lipinski definition) is 0. The van der Waals surface area contributed by atoms with Gasteiger partial charge in [-0.1, -0.05) is 280 Å². The molecule has 1 nitrogen and oxygen atoms in total. The highest BCUT2D eigenvalue weighted by atomic mass is 31.2. The minimum absolute atomic E-state index is 0.126. The first-order valence-corrected chi connectivity index (χ1v) is 33.5. The van der Waals surface area contributed by atoms with Gasteiger partial charge in [0.1, 0.15) is 0 Å². The molecule has 5 rings (SSSR count). The van der Waals surface area contributed by atoms with Crippen molar-refractivity contribution >= 4 is 63.9 Å². The molecule has 0 aromatic heterocycles. The van der Waals surface area contributed by atoms with E-state index in [0.717, 1.165) is 66.8 Å². The Balaban J connectivity index is 1.89. The van der Waals surface area contributed by atoms with E-state index >= 15 is 26.3 Å². The maximum absolute atomic E-state index is 15.4. The Morgan fingerprint density at radius 1 is 0.382 bits per heavy atom. The Morgan fingerprint density at radius 2 is 0.691 bits per heavy atom. The maximum atomic E-state index is 15.4. The van der Waals surface area contributed by atoms with Gasteiger partial charge < -0.3 is 0 Å². The van der Waals surface area contributed by atoms with Gasteiger partial charge in [0.2, 0.25) is 0 Å². The fourth-order valence-electron chi connectivity index (χ4n) is 10.2. The molecule has 0 aliphatic carbocycles. The smallest absolute Gasteiger partial charge is 0.240 e. The summed E-state index contributed by atoms with van der Waals surface area (Å²) in [7, 11) is -8.10. The molecule has 0 N–H and O–H groups in total. The lowest BCUT2D eigenvalue weighted by Gasteiger charge is -2.41. The molecule has 0 radical (unpaired) electrons. The van der Waals surface area contributed by atoms with Crippen molar-refractivity contribution < 1.29 is 26.3 Å². The zero-order valence-electron chi connectivity index (χ0n) is 41.7. The van der Waals surface area contributed by atoms with Crippen molar-refractivity contribution in [1.29, 1.82) is 0 Å². The molecule has 0 fully saturated rings. The van der Waals surface area contributed by atoms with Gasteiger partial charge in [-0.25, -0.2) is 4.44 Å². The van der Waals surface area contributed by atoms with Crippen molar-refractivity contribution in [3.63, 3.8) is 0 Å². The summed E-state index contributed by atoms with van der Waals surface area (Å²) in [5, 5.41) is 4.45. The lowest BCUT2D eigenvalue weighted by molar-refractivity contribution is -0.137. The molecule has 0 saturated carbocycles. The van der Waals surface area contributed by atoms with E-state index in [0.29, 0.717) is 0 Å². The number of hydrogen-bond acceptors (Lipinski definition) is 1. The number of unbranched alkanes of at least 4 members (excludes halogenated alkanes) is 6. The van der Waals surface area contributed by atoms with E-state index in [1.54, 1.807) is 12.1 Å². The Labute approximate surface area is 410 Å². The highest BCUT2D eigenvalue weighted by molar-refractivity contribution is 7.84. The van der Waals surface area contributed by atoms with Gasteiger partial charge in [-0.2, -0.15) is 26.3 Å². The minimum atomic E-state index is -4.80. The summed E-state index contributed by atoms with van der Waals surface area (Å²) < 4.78 is 94.6. The molecule has 0 saturated heterocycles. The van der Waals surface area contributed by atoms with Crippen LogP contribution in [-0.2, 0) is 18.9 Å². The third-order valence-electron chi connectivity index (χ3n) is 14.0. The molecule has 68 heavy (non-hydrogen) atoms. The van der Waals surface area contributed by atoms with Crippen LogP contribution in [0.15, 0.2) is 127 Å². The summed E-state index contributed by atoms with van der Waals surface area (Å²) in [6.07, 6.45) is 4.20. The predicted molar refractivity (Wildman–Crippen MR) is 289 cm³/mol. The third-order valence-corrected chi connectivity index (χ3v) is 30.5. The Bertz CT molecular complexity index is 2040. The van der Waals surface area contributed by atoms with Crippen LogP contribution in [0, 0.1) is 0 Å². The van der Waals surface area contributed by atoms with Crippen molar-refractivity contribution in [2.24, 2.45) is 0 Å². The van der Waals surface area contributed by atoms with Crippen LogP contribution < -0.4 is 31.6 Å². The second kappa shape index (κ2) is 26.9. The summed E-state index contributed by atoms with van der Waals surface area (Å²) >= 11 is 0. The van der Waals surface area contributed by atoms with E-state index < -0.39 is 55.8 Å². The van der Waals surface area contributed by atoms with Gasteiger partial charge in [-0.15, -0.1) is 0 Å². The lowest BCUT2D eigenvalue weighted by atomic mass is 10.2. The standard InChI is InChI=1S/C57H77F6NP2Si2/c1-7-13-40-67(41-14-8-2,42-15-9-3)50-36-32-48(33-37-50)65(49-34-38-51(39-35-49)68(43-16-10-4,44-17-11-5)45-18-12-6)64(46-47-26-20-19-21-27-47)66(54-30-24-22-28-52(54)56(58,59)60)55-31-25-23-29-53(55)57(61,62)63/h19-39H,7-18,40-46H2,1-6H3. The summed E-state index contributed by atoms with van der Waals surface area (Å²) in [6, 6.07) is 45.7. The van der Waals surface area contributed by atoms with Gasteiger partial charge in [0, 0.05) is 33.3 Å². The number of benzene rings is 5. The summed E-state index contributed by atoms with van der Waals surface area (Å²) in [4.78, 5) is 0. The Morgan fingerprint density at radius 3 is 1.00 bits per heavy atom. The first-order chi connectivity index (χ1) is 32.7. The van der Waals surface area contributed by atoms with Crippen molar-refractivity contribution in [1.82, 2.24) is 4.44 Å². The number of alkyl halides is 6. The normalized spacial score (nSPS) is 12.8. The predicted octanol–water partition coefficient (Wildman–Crippen LogP) is 16.7. The fraction of sp³-hybridized carbons (Fsp3) is 0.474. The molecule has 5 aromatic rings. The minimum Gasteiger partial charge on any atom is -0.240 e. The molecule has 11 heteroatoms. The lowest BCUT2D eigenvalue weighted by Crippen LogP contribution is -2.48. The van der Waals surface area contributed by atoms with E-state index in [-0.39, 0.29) is 17.2 Å². The Kier molecular flexibility index (Phi) is 22.1. The fourth-order valence-corrected chi connectivity index (χ4v) is 27.6. The van der Waals surface area contributed by atoms with Gasteiger partial charge in [-0.3, -0.25) is 0 Å². The molecule has 370 valence electrons. The van der Waals surface area contributed by atoms with E-state index in [9.17, 15) is 0 Å². The molecular weight excluding hydrogens is 931 g/mol. The van der Waals surface area contributed by atoms with Gasteiger partial charge in [0.15, 0.2) is 0 Å². The monoisotopic (exact) mass is 1010 g/mol. The zero-order valence-corrected chi connectivity index (χ0v) is 45.5.